The van der Waals surface area contributed by atoms with Crippen LogP contribution in [0.4, 0.5) is 0 Å². The Labute approximate surface area is 114 Å². The van der Waals surface area contributed by atoms with Gasteiger partial charge in [0, 0.05) is 13.1 Å². The van der Waals surface area contributed by atoms with Gasteiger partial charge in [0.1, 0.15) is 0 Å². The fourth-order valence-corrected chi connectivity index (χ4v) is 2.58. The number of rotatable bonds is 4. The summed E-state index contributed by atoms with van der Waals surface area (Å²) >= 11 is 0. The predicted molar refractivity (Wildman–Crippen MR) is 75.0 cm³/mol. The summed E-state index contributed by atoms with van der Waals surface area (Å²) in [5.41, 5.74) is 3.75. The summed E-state index contributed by atoms with van der Waals surface area (Å²) in [7, 11) is 0. The van der Waals surface area contributed by atoms with Crippen molar-refractivity contribution in [3.63, 3.8) is 0 Å². The van der Waals surface area contributed by atoms with Gasteiger partial charge < -0.3 is 15.7 Å². The molecule has 104 valence electrons. The minimum absolute atomic E-state index is 0.0130. The van der Waals surface area contributed by atoms with E-state index >= 15 is 0 Å². The van der Waals surface area contributed by atoms with E-state index in [4.69, 9.17) is 0 Å². The van der Waals surface area contributed by atoms with E-state index in [1.165, 1.54) is 16.7 Å². The van der Waals surface area contributed by atoms with Crippen molar-refractivity contribution in [2.45, 2.75) is 38.8 Å². The molecule has 2 atom stereocenters. The molecule has 1 fully saturated rings. The van der Waals surface area contributed by atoms with Crippen LogP contribution in [0.5, 0.6) is 0 Å². The van der Waals surface area contributed by atoms with Gasteiger partial charge in [-0.3, -0.25) is 4.79 Å². The maximum absolute atomic E-state index is 11.8. The third-order valence-corrected chi connectivity index (χ3v) is 3.42. The van der Waals surface area contributed by atoms with Crippen LogP contribution in [0, 0.1) is 13.8 Å². The number of carbonyl (C=O) groups is 1. The summed E-state index contributed by atoms with van der Waals surface area (Å²) in [4.78, 5) is 11.8. The highest BCUT2D eigenvalue weighted by Crippen LogP contribution is 2.09. The largest absolute Gasteiger partial charge is 0.392 e. The Hall–Kier alpha value is -1.39. The standard InChI is InChI=1S/C15H22N2O2/c1-10-5-11(2)7-12(6-10)3-4-16-15(19)14-8-13(18)9-17-14/h5-7,13-14,17-18H,3-4,8-9H2,1-2H3,(H,16,19). The van der Waals surface area contributed by atoms with E-state index in [-0.39, 0.29) is 11.9 Å². The van der Waals surface area contributed by atoms with Crippen LogP contribution in [0.25, 0.3) is 0 Å². The number of aliphatic hydroxyl groups is 1. The van der Waals surface area contributed by atoms with Crippen LogP contribution in [-0.2, 0) is 11.2 Å². The molecule has 0 radical (unpaired) electrons. The molecule has 1 aliphatic rings. The lowest BCUT2D eigenvalue weighted by Crippen LogP contribution is -2.41. The fourth-order valence-electron chi connectivity index (χ4n) is 2.58. The minimum atomic E-state index is -0.393. The number of hydrogen-bond donors (Lipinski definition) is 3. The molecule has 2 unspecified atom stereocenters. The van der Waals surface area contributed by atoms with Crippen molar-refractivity contribution in [1.82, 2.24) is 10.6 Å². The number of aryl methyl sites for hydroxylation is 2. The maximum atomic E-state index is 11.8. The normalized spacial score (nSPS) is 22.5. The highest BCUT2D eigenvalue weighted by Gasteiger charge is 2.27. The smallest absolute Gasteiger partial charge is 0.237 e. The van der Waals surface area contributed by atoms with E-state index in [2.05, 4.69) is 42.7 Å². The molecule has 0 saturated carbocycles. The van der Waals surface area contributed by atoms with Gasteiger partial charge in [0.25, 0.3) is 0 Å². The van der Waals surface area contributed by atoms with Crippen LogP contribution in [-0.4, -0.2) is 36.2 Å². The van der Waals surface area contributed by atoms with Gasteiger partial charge in [-0.15, -0.1) is 0 Å². The van der Waals surface area contributed by atoms with Crippen molar-refractivity contribution in [3.05, 3.63) is 34.9 Å². The van der Waals surface area contributed by atoms with Crippen molar-refractivity contribution in [3.8, 4) is 0 Å². The monoisotopic (exact) mass is 262 g/mol. The molecule has 1 heterocycles. The Morgan fingerprint density at radius 2 is 2.05 bits per heavy atom. The molecule has 2 rings (SSSR count). The molecule has 1 aliphatic heterocycles. The second-order valence-electron chi connectivity index (χ2n) is 5.39. The number of hydrogen-bond acceptors (Lipinski definition) is 3. The Morgan fingerprint density at radius 3 is 2.63 bits per heavy atom. The van der Waals surface area contributed by atoms with Crippen molar-refractivity contribution in [1.29, 1.82) is 0 Å². The van der Waals surface area contributed by atoms with Gasteiger partial charge in [-0.25, -0.2) is 0 Å². The van der Waals surface area contributed by atoms with E-state index in [0.29, 0.717) is 19.5 Å². The fraction of sp³-hybridized carbons (Fsp3) is 0.533. The van der Waals surface area contributed by atoms with Crippen molar-refractivity contribution in [2.75, 3.05) is 13.1 Å². The number of amides is 1. The van der Waals surface area contributed by atoms with E-state index in [0.717, 1.165) is 6.42 Å². The zero-order valence-corrected chi connectivity index (χ0v) is 11.6. The van der Waals surface area contributed by atoms with E-state index < -0.39 is 6.10 Å². The van der Waals surface area contributed by atoms with Gasteiger partial charge in [-0.1, -0.05) is 29.3 Å². The molecular formula is C15H22N2O2. The third-order valence-electron chi connectivity index (χ3n) is 3.42. The molecule has 1 aromatic carbocycles. The first-order chi connectivity index (χ1) is 9.04. The summed E-state index contributed by atoms with van der Waals surface area (Å²) in [6.07, 6.45) is 0.953. The zero-order valence-electron chi connectivity index (χ0n) is 11.6. The lowest BCUT2D eigenvalue weighted by molar-refractivity contribution is -0.122. The molecule has 4 nitrogen and oxygen atoms in total. The zero-order chi connectivity index (χ0) is 13.8. The van der Waals surface area contributed by atoms with Gasteiger partial charge in [0.15, 0.2) is 0 Å². The van der Waals surface area contributed by atoms with Crippen LogP contribution in [0.15, 0.2) is 18.2 Å². The molecule has 1 aromatic rings. The predicted octanol–water partition coefficient (Wildman–Crippen LogP) is 0.685. The molecule has 1 amide bonds. The molecule has 0 spiro atoms. The third kappa shape index (κ3) is 4.04. The summed E-state index contributed by atoms with van der Waals surface area (Å²) < 4.78 is 0. The second-order valence-corrected chi connectivity index (χ2v) is 5.39. The molecule has 0 aromatic heterocycles. The molecule has 4 heteroatoms. The number of nitrogens with one attached hydrogen (secondary N) is 2. The lowest BCUT2D eigenvalue weighted by atomic mass is 10.1. The van der Waals surface area contributed by atoms with E-state index in [1.54, 1.807) is 0 Å². The number of aliphatic hydroxyl groups excluding tert-OH is 1. The maximum Gasteiger partial charge on any atom is 0.237 e. The molecule has 3 N–H and O–H groups in total. The van der Waals surface area contributed by atoms with Crippen molar-refractivity contribution >= 4 is 5.91 Å². The minimum Gasteiger partial charge on any atom is -0.392 e. The molecule has 19 heavy (non-hydrogen) atoms. The first kappa shape index (κ1) is 14.0. The highest BCUT2D eigenvalue weighted by atomic mass is 16.3. The topological polar surface area (TPSA) is 61.4 Å². The first-order valence-electron chi connectivity index (χ1n) is 6.81. The number of benzene rings is 1. The molecule has 0 aliphatic carbocycles. The Morgan fingerprint density at radius 1 is 1.37 bits per heavy atom. The first-order valence-corrected chi connectivity index (χ1v) is 6.81. The van der Waals surface area contributed by atoms with Crippen LogP contribution >= 0.6 is 0 Å². The number of β-amino-alcohol motifs (C(OH)–C–C–N with tert-alkyl or cyclic N) is 1. The van der Waals surface area contributed by atoms with E-state index in [1.807, 2.05) is 0 Å². The van der Waals surface area contributed by atoms with Gasteiger partial charge in [0.05, 0.1) is 12.1 Å². The lowest BCUT2D eigenvalue weighted by Gasteiger charge is -2.11. The van der Waals surface area contributed by atoms with Crippen LogP contribution in [0.2, 0.25) is 0 Å². The Balaban J connectivity index is 1.78. The summed E-state index contributed by atoms with van der Waals surface area (Å²) in [6, 6.07) is 6.20. The second kappa shape index (κ2) is 6.17. The van der Waals surface area contributed by atoms with Gasteiger partial charge >= 0.3 is 0 Å². The molecular weight excluding hydrogens is 240 g/mol. The van der Waals surface area contributed by atoms with Gasteiger partial charge in [0.2, 0.25) is 5.91 Å². The number of carbonyl (C=O) groups excluding carboxylic acids is 1. The summed E-state index contributed by atoms with van der Waals surface area (Å²) in [5, 5.41) is 15.3. The Kier molecular flexibility index (Phi) is 4.56. The van der Waals surface area contributed by atoms with Crippen LogP contribution in [0.3, 0.4) is 0 Å². The van der Waals surface area contributed by atoms with Crippen molar-refractivity contribution < 1.29 is 9.90 Å². The average molecular weight is 262 g/mol. The summed E-state index contributed by atoms with van der Waals surface area (Å²) in [6.45, 7) is 5.31. The van der Waals surface area contributed by atoms with Crippen LogP contribution < -0.4 is 10.6 Å². The molecule has 0 bridgehead atoms. The quantitative estimate of drug-likeness (QED) is 0.748. The highest BCUT2D eigenvalue weighted by molar-refractivity contribution is 5.82. The summed E-state index contributed by atoms with van der Waals surface area (Å²) in [5.74, 6) is -0.0130. The average Bonchev–Trinajstić information content (AvgIpc) is 2.74. The van der Waals surface area contributed by atoms with E-state index in [9.17, 15) is 9.90 Å². The van der Waals surface area contributed by atoms with Gasteiger partial charge in [-0.05, 0) is 32.3 Å². The van der Waals surface area contributed by atoms with Gasteiger partial charge in [-0.2, -0.15) is 0 Å². The SMILES string of the molecule is Cc1cc(C)cc(CCNC(=O)C2CC(O)CN2)c1. The van der Waals surface area contributed by atoms with Crippen LogP contribution in [0.1, 0.15) is 23.1 Å². The Bertz CT molecular complexity index is 439. The van der Waals surface area contributed by atoms with Crippen molar-refractivity contribution in [2.24, 2.45) is 0 Å². The molecule has 1 saturated heterocycles.